The molecule has 138 valence electrons. The van der Waals surface area contributed by atoms with Crippen molar-refractivity contribution in [2.75, 3.05) is 10.6 Å². The summed E-state index contributed by atoms with van der Waals surface area (Å²) in [6.45, 7) is 1.43. The van der Waals surface area contributed by atoms with Crippen molar-refractivity contribution in [2.45, 2.75) is 19.0 Å². The highest BCUT2D eigenvalue weighted by atomic mass is 19.1. The van der Waals surface area contributed by atoms with Gasteiger partial charge in [0.05, 0.1) is 23.5 Å². The highest BCUT2D eigenvalue weighted by Gasteiger charge is 2.55. The van der Waals surface area contributed by atoms with Crippen LogP contribution in [0.15, 0.2) is 43.0 Å². The molecule has 3 heterocycles. The molecule has 1 aliphatic carbocycles. The average molecular weight is 367 g/mol. The number of nitrogens with zero attached hydrogens (tertiary/aromatic N) is 5. The zero-order chi connectivity index (χ0) is 19.0. The van der Waals surface area contributed by atoms with Gasteiger partial charge in [0.2, 0.25) is 11.9 Å². The third-order valence-corrected chi connectivity index (χ3v) is 4.41. The predicted molar refractivity (Wildman–Crippen MR) is 98.0 cm³/mol. The van der Waals surface area contributed by atoms with Crippen LogP contribution in [0.5, 0.6) is 0 Å². The number of alkyl halides is 1. The van der Waals surface area contributed by atoms with Crippen LogP contribution in [-0.4, -0.2) is 36.3 Å². The Hall–Kier alpha value is -3.36. The molecule has 1 amide bonds. The van der Waals surface area contributed by atoms with E-state index in [2.05, 4.69) is 30.7 Å². The maximum Gasteiger partial charge on any atom is 0.231 e. The number of anilines is 3. The van der Waals surface area contributed by atoms with Crippen molar-refractivity contribution in [1.29, 1.82) is 0 Å². The van der Waals surface area contributed by atoms with Crippen LogP contribution in [-0.2, 0) is 11.8 Å². The lowest BCUT2D eigenvalue weighted by Gasteiger charge is -2.07. The Morgan fingerprint density at radius 1 is 1.30 bits per heavy atom. The average Bonchev–Trinajstić information content (AvgIpc) is 3.10. The summed E-state index contributed by atoms with van der Waals surface area (Å²) >= 11 is 0. The maximum absolute atomic E-state index is 13.6. The minimum absolute atomic E-state index is 0.255. The van der Waals surface area contributed by atoms with Crippen molar-refractivity contribution >= 4 is 23.4 Å². The molecule has 1 saturated carbocycles. The van der Waals surface area contributed by atoms with Gasteiger partial charge in [0.1, 0.15) is 11.5 Å². The van der Waals surface area contributed by atoms with Gasteiger partial charge in [0.25, 0.3) is 0 Å². The SMILES string of the molecule is Cn1cc(Nc2nccc(-c3ccc(NC(=O)[C@H]4CC4(C)F)nc3)n2)cn1. The largest absolute Gasteiger partial charge is 0.321 e. The van der Waals surface area contributed by atoms with E-state index in [9.17, 15) is 9.18 Å². The fraction of sp³-hybridized carbons (Fsp3) is 0.278. The molecule has 0 bridgehead atoms. The molecule has 1 unspecified atom stereocenters. The first-order valence-corrected chi connectivity index (χ1v) is 8.46. The Morgan fingerprint density at radius 3 is 2.74 bits per heavy atom. The van der Waals surface area contributed by atoms with E-state index >= 15 is 0 Å². The molecule has 0 spiro atoms. The molecule has 3 aromatic heterocycles. The smallest absolute Gasteiger partial charge is 0.231 e. The first kappa shape index (κ1) is 17.1. The number of hydrogen-bond acceptors (Lipinski definition) is 6. The summed E-state index contributed by atoms with van der Waals surface area (Å²) in [6, 6.07) is 5.23. The molecule has 27 heavy (non-hydrogen) atoms. The quantitative estimate of drug-likeness (QED) is 0.720. The van der Waals surface area contributed by atoms with Crippen LogP contribution in [0.2, 0.25) is 0 Å². The van der Waals surface area contributed by atoms with Gasteiger partial charge < -0.3 is 10.6 Å². The third kappa shape index (κ3) is 3.76. The number of carbonyl (C=O) groups excluding carboxylic acids is 1. The van der Waals surface area contributed by atoms with Crippen LogP contribution in [0.3, 0.4) is 0 Å². The van der Waals surface area contributed by atoms with Crippen LogP contribution >= 0.6 is 0 Å². The summed E-state index contributed by atoms with van der Waals surface area (Å²) in [7, 11) is 1.83. The molecule has 9 heteroatoms. The highest BCUT2D eigenvalue weighted by Crippen LogP contribution is 2.47. The fourth-order valence-corrected chi connectivity index (χ4v) is 2.73. The van der Waals surface area contributed by atoms with Crippen molar-refractivity contribution in [3.05, 3.63) is 43.0 Å². The number of hydrogen-bond donors (Lipinski definition) is 2. The summed E-state index contributed by atoms with van der Waals surface area (Å²) in [5.41, 5.74) is 0.834. The van der Waals surface area contributed by atoms with Crippen molar-refractivity contribution in [3.63, 3.8) is 0 Å². The lowest BCUT2D eigenvalue weighted by atomic mass is 10.2. The second-order valence-corrected chi connectivity index (χ2v) is 6.75. The number of carbonyl (C=O) groups is 1. The van der Waals surface area contributed by atoms with Crippen molar-refractivity contribution in [3.8, 4) is 11.3 Å². The molecule has 0 saturated heterocycles. The van der Waals surface area contributed by atoms with Crippen molar-refractivity contribution in [2.24, 2.45) is 13.0 Å². The predicted octanol–water partition coefficient (Wildman–Crippen LogP) is 2.70. The minimum Gasteiger partial charge on any atom is -0.321 e. The standard InChI is InChI=1S/C18H18FN7O/c1-18(19)7-13(18)16(27)25-15-4-3-11(8-21-15)14-5-6-20-17(24-14)23-12-9-22-26(2)10-12/h3-6,8-10,13H,7H2,1-2H3,(H,20,23,24)(H,21,25,27)/t13-,18?/m1/s1. The van der Waals surface area contributed by atoms with Gasteiger partial charge in [-0.3, -0.25) is 9.48 Å². The number of aryl methyl sites for hydroxylation is 1. The fourth-order valence-electron chi connectivity index (χ4n) is 2.73. The van der Waals surface area contributed by atoms with Gasteiger partial charge in [-0.15, -0.1) is 0 Å². The molecule has 2 N–H and O–H groups in total. The van der Waals surface area contributed by atoms with Gasteiger partial charge in [-0.2, -0.15) is 5.10 Å². The van der Waals surface area contributed by atoms with E-state index in [0.29, 0.717) is 17.5 Å². The monoisotopic (exact) mass is 367 g/mol. The van der Waals surface area contributed by atoms with E-state index in [4.69, 9.17) is 0 Å². The second kappa shape index (κ2) is 6.42. The first-order valence-electron chi connectivity index (χ1n) is 8.46. The Kier molecular flexibility index (Phi) is 4.06. The molecular weight excluding hydrogens is 349 g/mol. The third-order valence-electron chi connectivity index (χ3n) is 4.41. The number of aromatic nitrogens is 5. The van der Waals surface area contributed by atoms with E-state index in [-0.39, 0.29) is 12.3 Å². The number of nitrogens with one attached hydrogen (secondary N) is 2. The first-order chi connectivity index (χ1) is 12.9. The lowest BCUT2D eigenvalue weighted by molar-refractivity contribution is -0.118. The molecule has 0 aromatic carbocycles. The number of halogens is 1. The summed E-state index contributed by atoms with van der Waals surface area (Å²) in [5, 5.41) is 9.80. The van der Waals surface area contributed by atoms with Gasteiger partial charge in [-0.05, 0) is 31.5 Å². The van der Waals surface area contributed by atoms with Crippen molar-refractivity contribution < 1.29 is 9.18 Å². The number of pyridine rings is 1. The molecule has 8 nitrogen and oxygen atoms in total. The van der Waals surface area contributed by atoms with Crippen LogP contribution < -0.4 is 10.6 Å². The Balaban J connectivity index is 1.45. The number of rotatable bonds is 5. The molecule has 4 rings (SSSR count). The molecule has 0 radical (unpaired) electrons. The molecule has 0 aliphatic heterocycles. The van der Waals surface area contributed by atoms with E-state index in [1.54, 1.807) is 41.5 Å². The van der Waals surface area contributed by atoms with E-state index < -0.39 is 11.6 Å². The normalized spacial score (nSPS) is 20.9. The van der Waals surface area contributed by atoms with Gasteiger partial charge in [0, 0.05) is 31.2 Å². The lowest BCUT2D eigenvalue weighted by Crippen LogP contribution is -2.18. The summed E-state index contributed by atoms with van der Waals surface area (Å²) in [5.74, 6) is -0.116. The van der Waals surface area contributed by atoms with Crippen molar-refractivity contribution in [1.82, 2.24) is 24.7 Å². The summed E-state index contributed by atoms with van der Waals surface area (Å²) in [6.07, 6.45) is 7.00. The molecule has 2 atom stereocenters. The van der Waals surface area contributed by atoms with E-state index in [1.807, 2.05) is 13.2 Å². The van der Waals surface area contributed by atoms with Crippen LogP contribution in [0.4, 0.5) is 21.8 Å². The molecule has 3 aromatic rings. The second-order valence-electron chi connectivity index (χ2n) is 6.75. The summed E-state index contributed by atoms with van der Waals surface area (Å²) < 4.78 is 15.3. The van der Waals surface area contributed by atoms with Gasteiger partial charge in [-0.1, -0.05) is 0 Å². The zero-order valence-electron chi connectivity index (χ0n) is 14.8. The zero-order valence-corrected chi connectivity index (χ0v) is 14.8. The topological polar surface area (TPSA) is 97.6 Å². The Bertz CT molecular complexity index is 983. The highest BCUT2D eigenvalue weighted by molar-refractivity contribution is 5.94. The van der Waals surface area contributed by atoms with E-state index in [0.717, 1.165) is 11.3 Å². The maximum atomic E-state index is 13.6. The van der Waals surface area contributed by atoms with Crippen LogP contribution in [0.1, 0.15) is 13.3 Å². The Labute approximate surface area is 154 Å². The van der Waals surface area contributed by atoms with E-state index in [1.165, 1.54) is 6.92 Å². The molecule has 1 fully saturated rings. The summed E-state index contributed by atoms with van der Waals surface area (Å²) in [4.78, 5) is 24.8. The van der Waals surface area contributed by atoms with Gasteiger partial charge >= 0.3 is 0 Å². The van der Waals surface area contributed by atoms with Gasteiger partial charge in [0.15, 0.2) is 0 Å². The van der Waals surface area contributed by atoms with Crippen LogP contribution in [0.25, 0.3) is 11.3 Å². The number of amides is 1. The Morgan fingerprint density at radius 2 is 2.11 bits per heavy atom. The minimum atomic E-state index is -1.40. The molecular formula is C18H18FN7O. The molecule has 1 aliphatic rings. The van der Waals surface area contributed by atoms with Crippen LogP contribution in [0, 0.1) is 5.92 Å². The van der Waals surface area contributed by atoms with Gasteiger partial charge in [-0.25, -0.2) is 19.3 Å².